The highest BCUT2D eigenvalue weighted by molar-refractivity contribution is 5.97. The average molecular weight is 382 g/mol. The van der Waals surface area contributed by atoms with Gasteiger partial charge in [0.25, 0.3) is 0 Å². The first-order chi connectivity index (χ1) is 14.3. The summed E-state index contributed by atoms with van der Waals surface area (Å²) in [6, 6.07) is 21.3. The molecule has 6 heteroatoms. The smallest absolute Gasteiger partial charge is 0.340 e. The van der Waals surface area contributed by atoms with Gasteiger partial charge in [-0.05, 0) is 18.2 Å². The van der Waals surface area contributed by atoms with E-state index in [9.17, 15) is 4.79 Å². The monoisotopic (exact) mass is 382 g/mol. The lowest BCUT2D eigenvalue weighted by Gasteiger charge is -2.02. The third-order valence-corrected chi connectivity index (χ3v) is 4.36. The van der Waals surface area contributed by atoms with Crippen molar-refractivity contribution in [3.05, 3.63) is 96.4 Å². The summed E-state index contributed by atoms with van der Waals surface area (Å²) in [7, 11) is 1.34. The molecule has 142 valence electrons. The molecule has 2 aromatic carbocycles. The summed E-state index contributed by atoms with van der Waals surface area (Å²) in [4.78, 5) is 20.5. The fourth-order valence-corrected chi connectivity index (χ4v) is 2.93. The Hall–Kier alpha value is -4.06. The first-order valence-corrected chi connectivity index (χ1v) is 9.03. The van der Waals surface area contributed by atoms with Crippen LogP contribution in [-0.4, -0.2) is 34.1 Å². The number of nitrogens with zero attached hydrogens (tertiary/aromatic N) is 4. The molecular formula is C23H18N4O2. The van der Waals surface area contributed by atoms with Crippen molar-refractivity contribution in [2.75, 3.05) is 7.11 Å². The molecule has 0 amide bonds. The Morgan fingerprint density at radius 1 is 1.03 bits per heavy atom. The topological polar surface area (TPSA) is 69.4 Å². The van der Waals surface area contributed by atoms with Gasteiger partial charge in [0.1, 0.15) is 5.69 Å². The van der Waals surface area contributed by atoms with Gasteiger partial charge in [0.05, 0.1) is 30.2 Å². The van der Waals surface area contributed by atoms with E-state index in [0.717, 1.165) is 22.5 Å². The van der Waals surface area contributed by atoms with Crippen molar-refractivity contribution in [3.63, 3.8) is 0 Å². The molecule has 0 aliphatic rings. The Morgan fingerprint density at radius 2 is 1.76 bits per heavy atom. The maximum Gasteiger partial charge on any atom is 0.340 e. The molecule has 0 fully saturated rings. The number of esters is 1. The first kappa shape index (κ1) is 18.3. The van der Waals surface area contributed by atoms with Crippen molar-refractivity contribution in [2.24, 2.45) is 4.99 Å². The molecule has 0 N–H and O–H groups in total. The second-order valence-corrected chi connectivity index (χ2v) is 6.22. The predicted octanol–water partition coefficient (Wildman–Crippen LogP) is 4.47. The summed E-state index contributed by atoms with van der Waals surface area (Å²) < 4.78 is 6.64. The number of pyridine rings is 1. The average Bonchev–Trinajstić information content (AvgIpc) is 3.23. The molecule has 0 saturated heterocycles. The molecule has 0 atom stereocenters. The number of benzene rings is 2. The van der Waals surface area contributed by atoms with Crippen LogP contribution in [0.1, 0.15) is 15.9 Å². The molecule has 4 aromatic rings. The predicted molar refractivity (Wildman–Crippen MR) is 112 cm³/mol. The number of para-hydroxylation sites is 1. The van der Waals surface area contributed by atoms with E-state index in [0.29, 0.717) is 11.3 Å². The van der Waals surface area contributed by atoms with Crippen LogP contribution in [0.5, 0.6) is 0 Å². The highest BCUT2D eigenvalue weighted by Gasteiger charge is 2.13. The molecule has 6 nitrogen and oxygen atoms in total. The van der Waals surface area contributed by atoms with Crippen LogP contribution >= 0.6 is 0 Å². The highest BCUT2D eigenvalue weighted by atomic mass is 16.5. The van der Waals surface area contributed by atoms with Crippen LogP contribution in [0.15, 0.2) is 90.3 Å². The fourth-order valence-electron chi connectivity index (χ4n) is 2.93. The van der Waals surface area contributed by atoms with E-state index in [4.69, 9.17) is 9.84 Å². The van der Waals surface area contributed by atoms with Crippen LogP contribution in [0.25, 0.3) is 16.9 Å². The van der Waals surface area contributed by atoms with Crippen molar-refractivity contribution >= 4 is 17.9 Å². The van der Waals surface area contributed by atoms with Crippen molar-refractivity contribution in [1.29, 1.82) is 0 Å². The fraction of sp³-hybridized carbons (Fsp3) is 0.0435. The standard InChI is InChI=1S/C23H18N4O2/c1-29-23(28)20-12-13-24-15-21(20)25-14-18-16-27(19-10-6-3-7-11-19)26-22(18)17-8-4-2-5-9-17/h2-16H,1H3/b25-14+. The number of methoxy groups -OCH3 is 1. The maximum absolute atomic E-state index is 12.0. The van der Waals surface area contributed by atoms with Gasteiger partial charge in [0.2, 0.25) is 0 Å². The second-order valence-electron chi connectivity index (χ2n) is 6.22. The quantitative estimate of drug-likeness (QED) is 0.377. The van der Waals surface area contributed by atoms with Crippen LogP contribution in [0.4, 0.5) is 5.69 Å². The van der Waals surface area contributed by atoms with Gasteiger partial charge in [0.15, 0.2) is 0 Å². The van der Waals surface area contributed by atoms with Gasteiger partial charge in [-0.3, -0.25) is 9.98 Å². The molecule has 0 unspecified atom stereocenters. The van der Waals surface area contributed by atoms with E-state index in [2.05, 4.69) is 9.98 Å². The van der Waals surface area contributed by atoms with E-state index < -0.39 is 5.97 Å². The summed E-state index contributed by atoms with van der Waals surface area (Å²) in [5, 5.41) is 4.75. The molecule has 0 aliphatic carbocycles. The van der Waals surface area contributed by atoms with Gasteiger partial charge in [-0.1, -0.05) is 48.5 Å². The molecule has 0 spiro atoms. The zero-order valence-corrected chi connectivity index (χ0v) is 15.8. The van der Waals surface area contributed by atoms with E-state index >= 15 is 0 Å². The SMILES string of the molecule is COC(=O)c1ccncc1/N=C/c1cn(-c2ccccc2)nc1-c1ccccc1. The lowest BCUT2D eigenvalue weighted by atomic mass is 10.1. The minimum atomic E-state index is -0.456. The number of aliphatic imine (C=N–C) groups is 1. The highest BCUT2D eigenvalue weighted by Crippen LogP contribution is 2.24. The van der Waals surface area contributed by atoms with E-state index in [1.54, 1.807) is 12.3 Å². The van der Waals surface area contributed by atoms with E-state index in [1.165, 1.54) is 19.5 Å². The molecule has 2 aromatic heterocycles. The zero-order valence-electron chi connectivity index (χ0n) is 15.8. The van der Waals surface area contributed by atoms with Gasteiger partial charge in [-0.25, -0.2) is 9.48 Å². The van der Waals surface area contributed by atoms with Gasteiger partial charge in [-0.2, -0.15) is 5.10 Å². The summed E-state index contributed by atoms with van der Waals surface area (Å²) in [6.45, 7) is 0. The minimum absolute atomic E-state index is 0.357. The largest absolute Gasteiger partial charge is 0.465 e. The molecular weight excluding hydrogens is 364 g/mol. The molecule has 4 rings (SSSR count). The molecule has 29 heavy (non-hydrogen) atoms. The Labute approximate surface area is 168 Å². The number of hydrogen-bond donors (Lipinski definition) is 0. The number of hydrogen-bond acceptors (Lipinski definition) is 5. The first-order valence-electron chi connectivity index (χ1n) is 9.03. The van der Waals surface area contributed by atoms with Crippen molar-refractivity contribution in [2.45, 2.75) is 0 Å². The van der Waals surface area contributed by atoms with Crippen LogP contribution < -0.4 is 0 Å². The lowest BCUT2D eigenvalue weighted by Crippen LogP contribution is -2.01. The molecule has 0 radical (unpaired) electrons. The molecule has 2 heterocycles. The third kappa shape index (κ3) is 3.96. The summed E-state index contributed by atoms with van der Waals surface area (Å²) in [5.74, 6) is -0.456. The van der Waals surface area contributed by atoms with Crippen molar-refractivity contribution < 1.29 is 9.53 Å². The van der Waals surface area contributed by atoms with Crippen LogP contribution in [0, 0.1) is 0 Å². The third-order valence-electron chi connectivity index (χ3n) is 4.36. The molecule has 0 bridgehead atoms. The Balaban J connectivity index is 1.78. The van der Waals surface area contributed by atoms with Crippen LogP contribution in [0.3, 0.4) is 0 Å². The maximum atomic E-state index is 12.0. The van der Waals surface area contributed by atoms with Crippen LogP contribution in [-0.2, 0) is 4.74 Å². The number of ether oxygens (including phenoxy) is 1. The number of rotatable bonds is 5. The molecule has 0 aliphatic heterocycles. The molecule has 0 saturated carbocycles. The lowest BCUT2D eigenvalue weighted by molar-refractivity contribution is 0.0601. The summed E-state index contributed by atoms with van der Waals surface area (Å²) in [6.07, 6.45) is 6.67. The second kappa shape index (κ2) is 8.31. The number of carbonyl (C=O) groups is 1. The van der Waals surface area contributed by atoms with E-state index in [-0.39, 0.29) is 0 Å². The Bertz CT molecular complexity index is 1150. The van der Waals surface area contributed by atoms with E-state index in [1.807, 2.05) is 71.5 Å². The van der Waals surface area contributed by atoms with Gasteiger partial charge in [-0.15, -0.1) is 0 Å². The van der Waals surface area contributed by atoms with Gasteiger partial charge < -0.3 is 4.74 Å². The minimum Gasteiger partial charge on any atom is -0.465 e. The van der Waals surface area contributed by atoms with Gasteiger partial charge >= 0.3 is 5.97 Å². The number of aromatic nitrogens is 3. The Kier molecular flexibility index (Phi) is 5.25. The number of carbonyl (C=O) groups excluding carboxylic acids is 1. The zero-order chi connectivity index (χ0) is 20.1. The summed E-state index contributed by atoms with van der Waals surface area (Å²) in [5.41, 5.74) is 4.33. The van der Waals surface area contributed by atoms with Gasteiger partial charge in [0, 0.05) is 29.7 Å². The van der Waals surface area contributed by atoms with Crippen molar-refractivity contribution in [3.8, 4) is 16.9 Å². The van der Waals surface area contributed by atoms with Crippen LogP contribution in [0.2, 0.25) is 0 Å². The summed E-state index contributed by atoms with van der Waals surface area (Å²) >= 11 is 0. The Morgan fingerprint density at radius 3 is 2.48 bits per heavy atom. The van der Waals surface area contributed by atoms with Crippen molar-refractivity contribution in [1.82, 2.24) is 14.8 Å². The normalized spacial score (nSPS) is 10.9.